The van der Waals surface area contributed by atoms with Gasteiger partial charge in [-0.25, -0.2) is 15.4 Å². The van der Waals surface area contributed by atoms with Gasteiger partial charge in [-0.05, 0) is 45.9 Å². The number of hydrazone groups is 1. The summed E-state index contributed by atoms with van der Waals surface area (Å²) in [5, 5.41) is 14.6. The molecule has 1 aromatic heterocycles. The van der Waals surface area contributed by atoms with Gasteiger partial charge in [0.1, 0.15) is 5.75 Å². The molecule has 1 aromatic carbocycles. The van der Waals surface area contributed by atoms with E-state index in [9.17, 15) is 9.90 Å². The van der Waals surface area contributed by atoms with Crippen molar-refractivity contribution in [3.8, 4) is 5.75 Å². The zero-order valence-electron chi connectivity index (χ0n) is 16.1. The normalized spacial score (nSPS) is 11.0. The number of carbonyl (C=O) groups excluding carboxylic acids is 1. The van der Waals surface area contributed by atoms with Crippen molar-refractivity contribution in [1.82, 2.24) is 15.4 Å². The van der Waals surface area contributed by atoms with E-state index in [1.807, 2.05) is 26.0 Å². The average Bonchev–Trinajstić information content (AvgIpc) is 2.62. The Labute approximate surface area is 163 Å². The Morgan fingerprint density at radius 1 is 1.22 bits per heavy atom. The molecule has 0 aliphatic carbocycles. The summed E-state index contributed by atoms with van der Waals surface area (Å²) in [6.45, 7) is 9.63. The van der Waals surface area contributed by atoms with Crippen LogP contribution in [0.3, 0.4) is 0 Å². The van der Waals surface area contributed by atoms with Gasteiger partial charge in [-0.15, -0.1) is 0 Å². The first kappa shape index (κ1) is 20.7. The van der Waals surface area contributed by atoms with Crippen LogP contribution in [-0.4, -0.2) is 46.0 Å². The number of aryl methyl sites for hydroxylation is 2. The van der Waals surface area contributed by atoms with Crippen molar-refractivity contribution < 1.29 is 9.90 Å². The molecule has 0 fully saturated rings. The predicted molar refractivity (Wildman–Crippen MR) is 110 cm³/mol. The van der Waals surface area contributed by atoms with Crippen LogP contribution in [0.4, 0.5) is 5.69 Å². The van der Waals surface area contributed by atoms with E-state index in [2.05, 4.69) is 39.2 Å². The molecule has 0 radical (unpaired) electrons. The first-order valence-corrected chi connectivity index (χ1v) is 9.76. The largest absolute Gasteiger partial charge is 0.507 e. The Balaban J connectivity index is 1.89. The topological polar surface area (TPSA) is 90.7 Å². The van der Waals surface area contributed by atoms with Gasteiger partial charge in [0.05, 0.1) is 12.0 Å². The summed E-state index contributed by atoms with van der Waals surface area (Å²) in [6, 6.07) is 7.27. The van der Waals surface area contributed by atoms with Crippen molar-refractivity contribution >= 4 is 29.6 Å². The van der Waals surface area contributed by atoms with Crippen LogP contribution in [-0.2, 0) is 4.79 Å². The summed E-state index contributed by atoms with van der Waals surface area (Å²) in [6.07, 6.45) is 1.43. The molecule has 0 spiro atoms. The molecule has 0 saturated carbocycles. The number of aromatic nitrogens is 2. The van der Waals surface area contributed by atoms with Gasteiger partial charge in [-0.3, -0.25) is 4.79 Å². The van der Waals surface area contributed by atoms with Crippen molar-refractivity contribution in [2.45, 2.75) is 32.9 Å². The molecule has 2 aromatic rings. The molecule has 2 N–H and O–H groups in total. The molecule has 0 unspecified atom stereocenters. The molecule has 0 atom stereocenters. The maximum Gasteiger partial charge on any atom is 0.250 e. The van der Waals surface area contributed by atoms with Crippen LogP contribution in [0.15, 0.2) is 34.5 Å². The molecule has 7 nitrogen and oxygen atoms in total. The van der Waals surface area contributed by atoms with Gasteiger partial charge in [-0.1, -0.05) is 11.8 Å². The average molecular weight is 388 g/mol. The number of thioether (sulfide) groups is 1. The van der Waals surface area contributed by atoms with Crippen LogP contribution in [0.1, 0.15) is 30.8 Å². The van der Waals surface area contributed by atoms with Crippen LogP contribution >= 0.6 is 11.8 Å². The highest BCUT2D eigenvalue weighted by Crippen LogP contribution is 2.23. The second kappa shape index (κ2) is 9.91. The second-order valence-electron chi connectivity index (χ2n) is 5.93. The SMILES string of the molecule is CCN(CC)c1ccc(/C=N\NC(=O)CSc2nc(C)cc(C)n2)c(O)c1. The van der Waals surface area contributed by atoms with Crippen molar-refractivity contribution in [3.63, 3.8) is 0 Å². The molecular weight excluding hydrogens is 362 g/mol. The quantitative estimate of drug-likeness (QED) is 0.313. The van der Waals surface area contributed by atoms with E-state index in [-0.39, 0.29) is 17.4 Å². The first-order valence-electron chi connectivity index (χ1n) is 8.77. The van der Waals surface area contributed by atoms with E-state index in [0.29, 0.717) is 10.7 Å². The number of carbonyl (C=O) groups is 1. The predicted octanol–water partition coefficient (Wildman–Crippen LogP) is 2.89. The van der Waals surface area contributed by atoms with Gasteiger partial charge in [0.15, 0.2) is 5.16 Å². The van der Waals surface area contributed by atoms with Crippen LogP contribution < -0.4 is 10.3 Å². The van der Waals surface area contributed by atoms with Crippen LogP contribution in [0.2, 0.25) is 0 Å². The van der Waals surface area contributed by atoms with E-state index < -0.39 is 0 Å². The number of benzene rings is 1. The molecule has 0 bridgehead atoms. The molecule has 0 saturated heterocycles. The van der Waals surface area contributed by atoms with Crippen LogP contribution in [0.5, 0.6) is 5.75 Å². The molecule has 0 aliphatic heterocycles. The third-order valence-electron chi connectivity index (χ3n) is 3.83. The second-order valence-corrected chi connectivity index (χ2v) is 6.87. The number of phenolic OH excluding ortho intramolecular Hbond substituents is 1. The summed E-state index contributed by atoms with van der Waals surface area (Å²) in [4.78, 5) is 22.6. The lowest BCUT2D eigenvalue weighted by Gasteiger charge is -2.21. The highest BCUT2D eigenvalue weighted by molar-refractivity contribution is 7.99. The molecule has 1 amide bonds. The van der Waals surface area contributed by atoms with Gasteiger partial charge >= 0.3 is 0 Å². The van der Waals surface area contributed by atoms with Gasteiger partial charge in [0.25, 0.3) is 5.91 Å². The summed E-state index contributed by atoms with van der Waals surface area (Å²) >= 11 is 1.25. The van der Waals surface area contributed by atoms with Crippen molar-refractivity contribution in [2.75, 3.05) is 23.7 Å². The van der Waals surface area contributed by atoms with Gasteiger partial charge in [0, 0.05) is 41.8 Å². The first-order chi connectivity index (χ1) is 12.9. The van der Waals surface area contributed by atoms with Crippen molar-refractivity contribution in [3.05, 3.63) is 41.2 Å². The Morgan fingerprint density at radius 2 is 1.89 bits per heavy atom. The Bertz CT molecular complexity index is 801. The van der Waals surface area contributed by atoms with E-state index in [1.165, 1.54) is 18.0 Å². The number of nitrogens with one attached hydrogen (secondary N) is 1. The summed E-state index contributed by atoms with van der Waals surface area (Å²) in [5.74, 6) is 0.0151. The molecular formula is C19H25N5O2S. The fourth-order valence-electron chi connectivity index (χ4n) is 2.52. The molecule has 8 heteroatoms. The number of rotatable bonds is 8. The maximum absolute atomic E-state index is 11.9. The summed E-state index contributed by atoms with van der Waals surface area (Å²) < 4.78 is 0. The number of hydrogen-bond acceptors (Lipinski definition) is 7. The van der Waals surface area contributed by atoms with E-state index in [4.69, 9.17) is 0 Å². The highest BCUT2D eigenvalue weighted by Gasteiger charge is 2.07. The molecule has 1 heterocycles. The molecule has 144 valence electrons. The van der Waals surface area contributed by atoms with Gasteiger partial charge in [0.2, 0.25) is 0 Å². The van der Waals surface area contributed by atoms with Gasteiger partial charge in [-0.2, -0.15) is 5.10 Å². The Hall–Kier alpha value is -2.61. The minimum Gasteiger partial charge on any atom is -0.507 e. The van der Waals surface area contributed by atoms with Crippen LogP contribution in [0, 0.1) is 13.8 Å². The third kappa shape index (κ3) is 6.25. The number of anilines is 1. The van der Waals surface area contributed by atoms with Crippen LogP contribution in [0.25, 0.3) is 0 Å². The van der Waals surface area contributed by atoms with Crippen molar-refractivity contribution in [1.29, 1.82) is 0 Å². The fraction of sp³-hybridized carbons (Fsp3) is 0.368. The molecule has 2 rings (SSSR count). The lowest BCUT2D eigenvalue weighted by Crippen LogP contribution is -2.21. The summed E-state index contributed by atoms with van der Waals surface area (Å²) in [5.41, 5.74) is 5.67. The minimum atomic E-state index is -0.265. The summed E-state index contributed by atoms with van der Waals surface area (Å²) in [7, 11) is 0. The fourth-order valence-corrected chi connectivity index (χ4v) is 3.26. The Kier molecular flexibility index (Phi) is 7.60. The Morgan fingerprint density at radius 3 is 2.48 bits per heavy atom. The number of amides is 1. The lowest BCUT2D eigenvalue weighted by molar-refractivity contribution is -0.118. The monoisotopic (exact) mass is 387 g/mol. The van der Waals surface area contributed by atoms with Gasteiger partial charge < -0.3 is 10.0 Å². The molecule has 27 heavy (non-hydrogen) atoms. The minimum absolute atomic E-state index is 0.121. The standard InChI is InChI=1S/C19H25N5O2S/c1-5-24(6-2)16-8-7-15(17(25)10-16)11-20-23-18(26)12-27-19-21-13(3)9-14(4)22-19/h7-11,25H,5-6,12H2,1-4H3,(H,23,26)/b20-11-. The number of hydrogen-bond donors (Lipinski definition) is 2. The van der Waals surface area contributed by atoms with E-state index in [1.54, 1.807) is 12.1 Å². The molecule has 0 aliphatic rings. The lowest BCUT2D eigenvalue weighted by atomic mass is 10.2. The smallest absolute Gasteiger partial charge is 0.250 e. The maximum atomic E-state index is 11.9. The zero-order chi connectivity index (χ0) is 19.8. The van der Waals surface area contributed by atoms with E-state index in [0.717, 1.165) is 30.2 Å². The third-order valence-corrected chi connectivity index (χ3v) is 4.68. The highest BCUT2D eigenvalue weighted by atomic mass is 32.2. The van der Waals surface area contributed by atoms with E-state index >= 15 is 0 Å². The van der Waals surface area contributed by atoms with Crippen molar-refractivity contribution in [2.24, 2.45) is 5.10 Å². The number of phenols is 1. The number of nitrogens with zero attached hydrogens (tertiary/aromatic N) is 4. The zero-order valence-corrected chi connectivity index (χ0v) is 16.9. The number of aromatic hydroxyl groups is 1.